The minimum atomic E-state index is -0.566. The molecule has 1 aliphatic rings. The van der Waals surface area contributed by atoms with Crippen LogP contribution in [0.2, 0.25) is 0 Å². The van der Waals surface area contributed by atoms with Gasteiger partial charge in [0.05, 0.1) is 12.2 Å². The van der Waals surface area contributed by atoms with Crippen LogP contribution in [0, 0.1) is 0 Å². The highest BCUT2D eigenvalue weighted by molar-refractivity contribution is 7.10. The molecule has 6 heteroatoms. The molecule has 0 radical (unpaired) electrons. The van der Waals surface area contributed by atoms with E-state index >= 15 is 0 Å². The third kappa shape index (κ3) is 4.89. The lowest BCUT2D eigenvalue weighted by molar-refractivity contribution is 0.0477. The van der Waals surface area contributed by atoms with Gasteiger partial charge in [-0.15, -0.1) is 11.3 Å². The average molecular weight is 390 g/mol. The van der Waals surface area contributed by atoms with Gasteiger partial charge in [-0.25, -0.2) is 4.79 Å². The summed E-state index contributed by atoms with van der Waals surface area (Å²) in [6, 6.07) is 9.40. The zero-order valence-electron chi connectivity index (χ0n) is 15.9. The summed E-state index contributed by atoms with van der Waals surface area (Å²) in [5, 5.41) is 12.6. The molecule has 146 valence electrons. The van der Waals surface area contributed by atoms with Crippen molar-refractivity contribution in [3.05, 3.63) is 51.7 Å². The van der Waals surface area contributed by atoms with Crippen molar-refractivity contribution in [3.63, 3.8) is 0 Å². The minimum Gasteiger partial charge on any atom is -0.491 e. The fraction of sp³-hybridized carbons (Fsp3) is 0.476. The van der Waals surface area contributed by atoms with Gasteiger partial charge < -0.3 is 14.6 Å². The number of hydrogen-bond donors (Lipinski definition) is 1. The first-order valence-corrected chi connectivity index (χ1v) is 10.4. The average Bonchev–Trinajstić information content (AvgIpc) is 3.15. The molecule has 0 fully saturated rings. The number of carbonyl (C=O) groups excluding carboxylic acids is 1. The van der Waals surface area contributed by atoms with Crippen LogP contribution in [0.15, 0.2) is 35.7 Å². The van der Waals surface area contributed by atoms with Gasteiger partial charge in [0.15, 0.2) is 0 Å². The molecular weight excluding hydrogens is 362 g/mol. The molecule has 1 aromatic heterocycles. The standard InChI is InChI=1S/C21H27NO4S/c1-3-19-18-10-12-27-20(18)9-11-22(19)13-16(23)14-26-17-7-5-15(6-8-17)21(24)25-4-2/h5-8,10,12,16,19,23H,3-4,9,11,13-14H2,1-2H3. The summed E-state index contributed by atoms with van der Waals surface area (Å²) in [4.78, 5) is 15.5. The molecule has 0 spiro atoms. The topological polar surface area (TPSA) is 59.0 Å². The first-order chi connectivity index (χ1) is 13.1. The summed E-state index contributed by atoms with van der Waals surface area (Å²) in [6.45, 7) is 6.11. The van der Waals surface area contributed by atoms with Crippen LogP contribution in [0.25, 0.3) is 0 Å². The molecule has 0 saturated carbocycles. The SMILES string of the molecule is CCOC(=O)c1ccc(OCC(O)CN2CCc3sccc3C2CC)cc1. The summed E-state index contributed by atoms with van der Waals surface area (Å²) in [7, 11) is 0. The summed E-state index contributed by atoms with van der Waals surface area (Å²) in [5.74, 6) is 0.292. The second kappa shape index (κ2) is 9.35. The lowest BCUT2D eigenvalue weighted by Crippen LogP contribution is -2.41. The number of aliphatic hydroxyl groups excluding tert-OH is 1. The van der Waals surface area contributed by atoms with E-state index in [9.17, 15) is 9.90 Å². The monoisotopic (exact) mass is 389 g/mol. The molecule has 0 bridgehead atoms. The number of hydrogen-bond acceptors (Lipinski definition) is 6. The van der Waals surface area contributed by atoms with E-state index in [1.165, 1.54) is 10.4 Å². The van der Waals surface area contributed by atoms with Crippen LogP contribution in [0.5, 0.6) is 5.75 Å². The Morgan fingerprint density at radius 2 is 2.07 bits per heavy atom. The number of thiophene rings is 1. The number of aliphatic hydroxyl groups is 1. The van der Waals surface area contributed by atoms with Gasteiger partial charge in [-0.3, -0.25) is 4.90 Å². The van der Waals surface area contributed by atoms with Crippen molar-refractivity contribution in [2.75, 3.05) is 26.3 Å². The predicted molar refractivity (Wildman–Crippen MR) is 107 cm³/mol. The van der Waals surface area contributed by atoms with E-state index in [-0.39, 0.29) is 12.6 Å². The van der Waals surface area contributed by atoms with Crippen LogP contribution >= 0.6 is 11.3 Å². The quantitative estimate of drug-likeness (QED) is 0.698. The van der Waals surface area contributed by atoms with Crippen molar-refractivity contribution in [1.29, 1.82) is 0 Å². The van der Waals surface area contributed by atoms with Crippen molar-refractivity contribution in [1.82, 2.24) is 4.90 Å². The molecule has 1 aliphatic heterocycles. The van der Waals surface area contributed by atoms with Gasteiger partial charge in [0, 0.05) is 24.0 Å². The van der Waals surface area contributed by atoms with E-state index < -0.39 is 6.10 Å². The summed E-state index contributed by atoms with van der Waals surface area (Å²) >= 11 is 1.83. The van der Waals surface area contributed by atoms with E-state index in [0.717, 1.165) is 19.4 Å². The van der Waals surface area contributed by atoms with E-state index in [1.807, 2.05) is 11.3 Å². The highest BCUT2D eigenvalue weighted by atomic mass is 32.1. The van der Waals surface area contributed by atoms with E-state index in [2.05, 4.69) is 23.3 Å². The zero-order chi connectivity index (χ0) is 19.2. The Morgan fingerprint density at radius 3 is 2.78 bits per heavy atom. The lowest BCUT2D eigenvalue weighted by Gasteiger charge is -2.36. The summed E-state index contributed by atoms with van der Waals surface area (Å²) in [6.07, 6.45) is 1.52. The Morgan fingerprint density at radius 1 is 1.30 bits per heavy atom. The zero-order valence-corrected chi connectivity index (χ0v) is 16.7. The molecule has 3 rings (SSSR count). The number of fused-ring (bicyclic) bond motifs is 1. The van der Waals surface area contributed by atoms with Crippen molar-refractivity contribution in [2.24, 2.45) is 0 Å². The third-order valence-electron chi connectivity index (χ3n) is 4.85. The number of carbonyl (C=O) groups is 1. The molecule has 2 atom stereocenters. The maximum absolute atomic E-state index is 11.7. The van der Waals surface area contributed by atoms with Crippen molar-refractivity contribution in [3.8, 4) is 5.75 Å². The van der Waals surface area contributed by atoms with Crippen molar-refractivity contribution >= 4 is 17.3 Å². The van der Waals surface area contributed by atoms with Crippen molar-refractivity contribution < 1.29 is 19.4 Å². The fourth-order valence-corrected chi connectivity index (χ4v) is 4.49. The number of β-amino-alcohol motifs (C(OH)–C–C–N with tert-alkyl or cyclic N) is 1. The van der Waals surface area contributed by atoms with Crippen LogP contribution in [-0.4, -0.2) is 48.4 Å². The summed E-state index contributed by atoms with van der Waals surface area (Å²) < 4.78 is 10.7. The van der Waals surface area contributed by atoms with Crippen molar-refractivity contribution in [2.45, 2.75) is 38.8 Å². The number of benzene rings is 1. The van der Waals surface area contributed by atoms with Crippen LogP contribution in [0.1, 0.15) is 47.1 Å². The smallest absolute Gasteiger partial charge is 0.338 e. The Labute approximate surface area is 164 Å². The van der Waals surface area contributed by atoms with E-state index in [1.54, 1.807) is 31.2 Å². The summed E-state index contributed by atoms with van der Waals surface area (Å²) in [5.41, 5.74) is 1.91. The van der Waals surface area contributed by atoms with Crippen LogP contribution < -0.4 is 4.74 Å². The number of nitrogens with zero attached hydrogens (tertiary/aromatic N) is 1. The minimum absolute atomic E-state index is 0.224. The Balaban J connectivity index is 1.51. The molecule has 27 heavy (non-hydrogen) atoms. The number of esters is 1. The molecule has 2 heterocycles. The first-order valence-electron chi connectivity index (χ1n) is 9.50. The molecule has 2 aromatic rings. The number of rotatable bonds is 8. The predicted octanol–water partition coefficient (Wildman–Crippen LogP) is 3.67. The highest BCUT2D eigenvalue weighted by Crippen LogP contribution is 2.35. The van der Waals surface area contributed by atoms with Crippen LogP contribution in [0.4, 0.5) is 0 Å². The highest BCUT2D eigenvalue weighted by Gasteiger charge is 2.28. The Bertz CT molecular complexity index is 743. The maximum atomic E-state index is 11.7. The van der Waals surface area contributed by atoms with E-state index in [0.29, 0.717) is 30.5 Å². The van der Waals surface area contributed by atoms with Crippen LogP contribution in [0.3, 0.4) is 0 Å². The largest absolute Gasteiger partial charge is 0.491 e. The van der Waals surface area contributed by atoms with Crippen LogP contribution in [-0.2, 0) is 11.2 Å². The lowest BCUT2D eigenvalue weighted by atomic mass is 9.97. The molecule has 2 unspecified atom stereocenters. The molecule has 1 N–H and O–H groups in total. The maximum Gasteiger partial charge on any atom is 0.338 e. The van der Waals surface area contributed by atoms with E-state index in [4.69, 9.17) is 9.47 Å². The Kier molecular flexibility index (Phi) is 6.88. The molecule has 0 saturated heterocycles. The second-order valence-electron chi connectivity index (χ2n) is 6.68. The normalized spacial score (nSPS) is 18.0. The Hall–Kier alpha value is -1.89. The van der Waals surface area contributed by atoms with Gasteiger partial charge in [-0.05, 0) is 61.0 Å². The van der Waals surface area contributed by atoms with Gasteiger partial charge in [-0.2, -0.15) is 0 Å². The van der Waals surface area contributed by atoms with Gasteiger partial charge >= 0.3 is 5.97 Å². The molecule has 5 nitrogen and oxygen atoms in total. The number of ether oxygens (including phenoxy) is 2. The van der Waals surface area contributed by atoms with Gasteiger partial charge in [0.1, 0.15) is 18.5 Å². The molecular formula is C21H27NO4S. The molecule has 0 aliphatic carbocycles. The van der Waals surface area contributed by atoms with Gasteiger partial charge in [0.25, 0.3) is 0 Å². The van der Waals surface area contributed by atoms with Gasteiger partial charge in [-0.1, -0.05) is 6.92 Å². The molecule has 0 amide bonds. The second-order valence-corrected chi connectivity index (χ2v) is 7.68. The first kappa shape index (κ1) is 19.9. The fourth-order valence-electron chi connectivity index (χ4n) is 3.56. The van der Waals surface area contributed by atoms with Gasteiger partial charge in [0.2, 0.25) is 0 Å². The third-order valence-corrected chi connectivity index (χ3v) is 5.84. The molecule has 1 aromatic carbocycles.